The van der Waals surface area contributed by atoms with E-state index in [2.05, 4.69) is 26.6 Å². The normalized spacial score (nSPS) is 15.0. The van der Waals surface area contributed by atoms with Gasteiger partial charge in [-0.1, -0.05) is 37.6 Å². The fourth-order valence-electron chi connectivity index (χ4n) is 5.13. The maximum Gasteiger partial charge on any atom is 0.322 e. The van der Waals surface area contributed by atoms with Gasteiger partial charge < -0.3 is 19.5 Å². The summed E-state index contributed by atoms with van der Waals surface area (Å²) in [4.78, 5) is 17.7. The number of carbonyl (C=O) groups excluding carboxylic acids is 1. The highest BCUT2D eigenvalue weighted by molar-refractivity contribution is 7.92. The Morgan fingerprint density at radius 3 is 2.27 bits per heavy atom. The van der Waals surface area contributed by atoms with Gasteiger partial charge in [0, 0.05) is 61.4 Å². The van der Waals surface area contributed by atoms with E-state index in [0.717, 1.165) is 57.1 Å². The molecule has 0 bridgehead atoms. The van der Waals surface area contributed by atoms with E-state index < -0.39 is 21.3 Å². The zero-order chi connectivity index (χ0) is 31.5. The van der Waals surface area contributed by atoms with E-state index in [1.54, 1.807) is 36.4 Å². The van der Waals surface area contributed by atoms with Crippen LogP contribution in [0.15, 0.2) is 72.8 Å². The van der Waals surface area contributed by atoms with Crippen LogP contribution in [0.25, 0.3) is 0 Å². The molecule has 4 rings (SSSR count). The summed E-state index contributed by atoms with van der Waals surface area (Å²) in [6, 6.07) is 21.9. The molecule has 1 fully saturated rings. The summed E-state index contributed by atoms with van der Waals surface area (Å²) in [7, 11) is -3.33. The standard InChI is InChI=1S/C31H41N5O6S2/c1-3-4-18-36(31(37)33-27-7-5-6-25(21-27)22-32-43(38)39)28-16-19-35(20-17-28)23-24-8-12-29(13-9-24)42-30-14-10-26(11-15-30)34-44(2,40)41/h5-15,21,28,32,34H,3-4,16-20,22-23H2,1-2H3,(H,33,37)(H,38,39)/p-1. The number of likely N-dealkylation sites (tertiary alicyclic amines) is 1. The molecule has 1 atom stereocenters. The number of sulfonamides is 1. The first-order valence-corrected chi connectivity index (χ1v) is 17.6. The molecular formula is C31H40N5O6S2-. The average Bonchev–Trinajstić information content (AvgIpc) is 2.98. The second-order valence-corrected chi connectivity index (χ2v) is 13.4. The molecule has 0 spiro atoms. The molecule has 2 amide bonds. The number of urea groups is 1. The minimum Gasteiger partial charge on any atom is -0.760 e. The van der Waals surface area contributed by atoms with Crippen molar-refractivity contribution in [3.8, 4) is 11.5 Å². The van der Waals surface area contributed by atoms with Crippen LogP contribution in [-0.4, -0.2) is 64.9 Å². The Hall–Kier alpha value is -3.49. The third kappa shape index (κ3) is 10.9. The minimum absolute atomic E-state index is 0.133. The van der Waals surface area contributed by atoms with E-state index in [0.29, 0.717) is 29.4 Å². The van der Waals surface area contributed by atoms with Gasteiger partial charge in [0.25, 0.3) is 0 Å². The third-order valence-corrected chi connectivity index (χ3v) is 8.29. The van der Waals surface area contributed by atoms with Gasteiger partial charge in [-0.05, 0) is 78.9 Å². The van der Waals surface area contributed by atoms with Crippen molar-refractivity contribution in [1.29, 1.82) is 0 Å². The van der Waals surface area contributed by atoms with Gasteiger partial charge in [-0.2, -0.15) is 0 Å². The number of hydrogen-bond donors (Lipinski definition) is 3. The molecule has 3 N–H and O–H groups in total. The molecule has 1 aliphatic rings. The van der Waals surface area contributed by atoms with Gasteiger partial charge in [-0.3, -0.25) is 13.8 Å². The van der Waals surface area contributed by atoms with Crippen molar-refractivity contribution >= 4 is 38.7 Å². The molecule has 13 heteroatoms. The number of unbranched alkanes of at least 4 members (excludes halogenated alkanes) is 1. The molecule has 1 unspecified atom stereocenters. The lowest BCUT2D eigenvalue weighted by atomic mass is 10.0. The number of hydrogen-bond acceptors (Lipinski definition) is 7. The zero-order valence-corrected chi connectivity index (χ0v) is 26.7. The first-order chi connectivity index (χ1) is 21.1. The summed E-state index contributed by atoms with van der Waals surface area (Å²) >= 11 is -2.35. The summed E-state index contributed by atoms with van der Waals surface area (Å²) in [5.74, 6) is 1.30. The number of piperidine rings is 1. The Bertz CT molecular complexity index is 1490. The molecule has 3 aromatic rings. The Balaban J connectivity index is 1.28. The van der Waals surface area contributed by atoms with Gasteiger partial charge >= 0.3 is 6.03 Å². The van der Waals surface area contributed by atoms with Gasteiger partial charge in [0.2, 0.25) is 10.0 Å². The van der Waals surface area contributed by atoms with Crippen LogP contribution in [-0.2, 0) is 34.4 Å². The topological polar surface area (TPSA) is 143 Å². The molecule has 1 saturated heterocycles. The monoisotopic (exact) mass is 642 g/mol. The number of amides is 2. The molecular weight excluding hydrogens is 603 g/mol. The molecule has 238 valence electrons. The second-order valence-electron chi connectivity index (χ2n) is 10.9. The van der Waals surface area contributed by atoms with Crippen LogP contribution >= 0.6 is 0 Å². The van der Waals surface area contributed by atoms with Gasteiger partial charge in [0.05, 0.1) is 6.26 Å². The number of nitrogens with one attached hydrogen (secondary N) is 3. The Kier molecular flexibility index (Phi) is 12.1. The van der Waals surface area contributed by atoms with Crippen molar-refractivity contribution in [2.45, 2.75) is 51.7 Å². The van der Waals surface area contributed by atoms with E-state index >= 15 is 0 Å². The highest BCUT2D eigenvalue weighted by Gasteiger charge is 2.28. The lowest BCUT2D eigenvalue weighted by Gasteiger charge is -2.38. The predicted octanol–water partition coefficient (Wildman–Crippen LogP) is 5.03. The number of carbonyl (C=O) groups is 1. The van der Waals surface area contributed by atoms with Crippen molar-refractivity contribution in [2.24, 2.45) is 0 Å². The molecule has 0 saturated carbocycles. The quantitative estimate of drug-likeness (QED) is 0.209. The molecule has 11 nitrogen and oxygen atoms in total. The van der Waals surface area contributed by atoms with E-state index in [4.69, 9.17) is 4.74 Å². The summed E-state index contributed by atoms with van der Waals surface area (Å²) in [5, 5.41) is 3.01. The van der Waals surface area contributed by atoms with Crippen LogP contribution in [0, 0.1) is 0 Å². The number of anilines is 2. The second kappa shape index (κ2) is 16.0. The van der Waals surface area contributed by atoms with E-state index in [1.807, 2.05) is 41.3 Å². The van der Waals surface area contributed by atoms with Crippen LogP contribution in [0.4, 0.5) is 16.2 Å². The summed E-state index contributed by atoms with van der Waals surface area (Å²) in [6.07, 6.45) is 4.77. The fourth-order valence-corrected chi connectivity index (χ4v) is 5.98. The maximum absolute atomic E-state index is 13.4. The molecule has 1 aliphatic heterocycles. The first-order valence-electron chi connectivity index (χ1n) is 14.6. The summed E-state index contributed by atoms with van der Waals surface area (Å²) in [6.45, 7) is 5.51. The van der Waals surface area contributed by atoms with E-state index in [9.17, 15) is 22.0 Å². The lowest BCUT2D eigenvalue weighted by Crippen LogP contribution is -2.49. The largest absolute Gasteiger partial charge is 0.760 e. The zero-order valence-electron chi connectivity index (χ0n) is 25.0. The van der Waals surface area contributed by atoms with Crippen molar-refractivity contribution in [3.63, 3.8) is 0 Å². The summed E-state index contributed by atoms with van der Waals surface area (Å²) < 4.78 is 55.1. The molecule has 0 radical (unpaired) electrons. The van der Waals surface area contributed by atoms with Crippen LogP contribution in [0.2, 0.25) is 0 Å². The molecule has 3 aromatic carbocycles. The molecule has 1 heterocycles. The van der Waals surface area contributed by atoms with Crippen LogP contribution < -0.4 is 19.5 Å². The van der Waals surface area contributed by atoms with Gasteiger partial charge in [-0.25, -0.2) is 17.9 Å². The smallest absolute Gasteiger partial charge is 0.322 e. The minimum atomic E-state index is -3.33. The molecule has 44 heavy (non-hydrogen) atoms. The molecule has 0 aliphatic carbocycles. The number of rotatable bonds is 14. The Morgan fingerprint density at radius 1 is 1.00 bits per heavy atom. The van der Waals surface area contributed by atoms with Crippen LogP contribution in [0.5, 0.6) is 11.5 Å². The average molecular weight is 643 g/mol. The summed E-state index contributed by atoms with van der Waals surface area (Å²) in [5.41, 5.74) is 3.04. The van der Waals surface area contributed by atoms with Gasteiger partial charge in [0.1, 0.15) is 11.5 Å². The van der Waals surface area contributed by atoms with Crippen molar-refractivity contribution in [2.75, 3.05) is 35.9 Å². The van der Waals surface area contributed by atoms with E-state index in [1.165, 1.54) is 5.56 Å². The highest BCUT2D eigenvalue weighted by atomic mass is 32.2. The SMILES string of the molecule is CCCCN(C(=O)Nc1cccc(CNS(=O)[O-])c1)C1CCN(Cc2ccc(Oc3ccc(NS(C)(=O)=O)cc3)cc2)CC1. The van der Waals surface area contributed by atoms with Crippen LogP contribution in [0.1, 0.15) is 43.7 Å². The number of nitrogens with zero attached hydrogens (tertiary/aromatic N) is 2. The van der Waals surface area contributed by atoms with Crippen molar-refractivity contribution in [3.05, 3.63) is 83.9 Å². The first kappa shape index (κ1) is 33.4. The third-order valence-electron chi connectivity index (χ3n) is 7.31. The predicted molar refractivity (Wildman–Crippen MR) is 173 cm³/mol. The number of ether oxygens (including phenoxy) is 1. The lowest BCUT2D eigenvalue weighted by molar-refractivity contribution is 0.122. The molecule has 0 aromatic heterocycles. The van der Waals surface area contributed by atoms with Crippen molar-refractivity contribution in [1.82, 2.24) is 14.5 Å². The number of benzene rings is 3. The van der Waals surface area contributed by atoms with Gasteiger partial charge in [0.15, 0.2) is 0 Å². The maximum atomic E-state index is 13.4. The van der Waals surface area contributed by atoms with Gasteiger partial charge in [-0.15, -0.1) is 0 Å². The Labute approximate surface area is 262 Å². The highest BCUT2D eigenvalue weighted by Crippen LogP contribution is 2.25. The van der Waals surface area contributed by atoms with Crippen LogP contribution in [0.3, 0.4) is 0 Å². The fraction of sp³-hybridized carbons (Fsp3) is 0.387. The van der Waals surface area contributed by atoms with E-state index in [-0.39, 0.29) is 18.6 Å². The Morgan fingerprint density at radius 2 is 1.66 bits per heavy atom. The van der Waals surface area contributed by atoms with Crippen molar-refractivity contribution < 1.29 is 26.7 Å².